The second-order valence-electron chi connectivity index (χ2n) is 4.32. The van der Waals surface area contributed by atoms with Gasteiger partial charge in [-0.15, -0.1) is 0 Å². The van der Waals surface area contributed by atoms with Crippen molar-refractivity contribution in [2.24, 2.45) is 5.41 Å². The molecule has 12 heavy (non-hydrogen) atoms. The Labute approximate surface area is 75.0 Å². The molecule has 0 aromatic carbocycles. The first-order valence-corrected chi connectivity index (χ1v) is 4.55. The Balaban J connectivity index is 4.66. The van der Waals surface area contributed by atoms with Gasteiger partial charge in [-0.25, -0.2) is 0 Å². The largest absolute Gasteiger partial charge is 0.382 e. The smallest absolute Gasteiger partial charge is 0.169 e. The van der Waals surface area contributed by atoms with Crippen molar-refractivity contribution in [1.29, 1.82) is 0 Å². The average molecular weight is 172 g/mol. The first-order chi connectivity index (χ1) is 5.28. The third kappa shape index (κ3) is 2.31. The van der Waals surface area contributed by atoms with Gasteiger partial charge in [0.25, 0.3) is 0 Å². The molecule has 0 saturated heterocycles. The summed E-state index contributed by atoms with van der Waals surface area (Å²) in [5, 5.41) is 9.88. The summed E-state index contributed by atoms with van der Waals surface area (Å²) in [4.78, 5) is 11.7. The van der Waals surface area contributed by atoms with E-state index in [1.54, 1.807) is 0 Å². The molecule has 0 aliphatic rings. The first kappa shape index (κ1) is 11.6. The number of aliphatic hydroxyl groups is 1. The van der Waals surface area contributed by atoms with Crippen molar-refractivity contribution in [3.8, 4) is 0 Å². The van der Waals surface area contributed by atoms with Crippen molar-refractivity contribution >= 4 is 5.78 Å². The van der Waals surface area contributed by atoms with Crippen molar-refractivity contribution in [3.05, 3.63) is 0 Å². The fourth-order valence-electron chi connectivity index (χ4n) is 1.27. The van der Waals surface area contributed by atoms with Gasteiger partial charge in [0.1, 0.15) is 5.60 Å². The Morgan fingerprint density at radius 3 is 1.58 bits per heavy atom. The van der Waals surface area contributed by atoms with Crippen molar-refractivity contribution in [3.63, 3.8) is 0 Å². The number of hydrogen-bond acceptors (Lipinski definition) is 2. The van der Waals surface area contributed by atoms with Crippen LogP contribution in [0.15, 0.2) is 0 Å². The molecule has 0 spiro atoms. The Bertz CT molecular complexity index is 161. The topological polar surface area (TPSA) is 37.3 Å². The lowest BCUT2D eigenvalue weighted by Gasteiger charge is -2.30. The van der Waals surface area contributed by atoms with Crippen LogP contribution in [-0.4, -0.2) is 16.5 Å². The van der Waals surface area contributed by atoms with Gasteiger partial charge in [0, 0.05) is 5.41 Å². The molecule has 2 heteroatoms. The molecule has 0 radical (unpaired) electrons. The molecule has 0 rings (SSSR count). The zero-order chi connectivity index (χ0) is 9.99. The van der Waals surface area contributed by atoms with E-state index >= 15 is 0 Å². The molecular weight excluding hydrogens is 152 g/mol. The summed E-state index contributed by atoms with van der Waals surface area (Å²) in [6.07, 6.45) is 0.999. The molecule has 0 amide bonds. The van der Waals surface area contributed by atoms with Gasteiger partial charge in [0.2, 0.25) is 0 Å². The molecule has 0 fully saturated rings. The fraction of sp³-hybridized carbons (Fsp3) is 0.900. The maximum atomic E-state index is 11.7. The number of carbonyl (C=O) groups excluding carboxylic acids is 1. The SMILES string of the molecule is CCC(O)(CC)C(=O)C(C)(C)C. The van der Waals surface area contributed by atoms with Gasteiger partial charge in [-0.05, 0) is 12.8 Å². The van der Waals surface area contributed by atoms with Crippen LogP contribution in [0.5, 0.6) is 0 Å². The Kier molecular flexibility index (Phi) is 3.45. The number of hydrogen-bond donors (Lipinski definition) is 1. The minimum Gasteiger partial charge on any atom is -0.382 e. The van der Waals surface area contributed by atoms with Crippen LogP contribution in [0.1, 0.15) is 47.5 Å². The molecule has 72 valence electrons. The van der Waals surface area contributed by atoms with E-state index in [1.165, 1.54) is 0 Å². The summed E-state index contributed by atoms with van der Waals surface area (Å²) in [6, 6.07) is 0. The highest BCUT2D eigenvalue weighted by atomic mass is 16.3. The van der Waals surface area contributed by atoms with Crippen LogP contribution in [-0.2, 0) is 4.79 Å². The molecule has 2 nitrogen and oxygen atoms in total. The summed E-state index contributed by atoms with van der Waals surface area (Å²) >= 11 is 0. The summed E-state index contributed by atoms with van der Waals surface area (Å²) < 4.78 is 0. The Hall–Kier alpha value is -0.370. The van der Waals surface area contributed by atoms with Gasteiger partial charge in [-0.3, -0.25) is 4.79 Å². The minimum atomic E-state index is -1.11. The lowest BCUT2D eigenvalue weighted by atomic mass is 9.78. The van der Waals surface area contributed by atoms with E-state index in [0.29, 0.717) is 12.8 Å². The fourth-order valence-corrected chi connectivity index (χ4v) is 1.27. The zero-order valence-corrected chi connectivity index (χ0v) is 8.77. The second-order valence-corrected chi connectivity index (χ2v) is 4.32. The average Bonchev–Trinajstić information content (AvgIpc) is 2.00. The predicted molar refractivity (Wildman–Crippen MR) is 50.0 cm³/mol. The first-order valence-electron chi connectivity index (χ1n) is 4.55. The number of Topliss-reactive ketones (excluding diaryl/α,β-unsaturated/α-hetero) is 1. The highest BCUT2D eigenvalue weighted by molar-refractivity contribution is 5.91. The summed E-state index contributed by atoms with van der Waals surface area (Å²) in [7, 11) is 0. The van der Waals surface area contributed by atoms with Gasteiger partial charge in [0.15, 0.2) is 5.78 Å². The highest BCUT2D eigenvalue weighted by Gasteiger charge is 2.38. The van der Waals surface area contributed by atoms with Crippen molar-refractivity contribution in [1.82, 2.24) is 0 Å². The van der Waals surface area contributed by atoms with E-state index in [1.807, 2.05) is 34.6 Å². The molecule has 0 saturated carbocycles. The molecule has 0 aromatic rings. The second kappa shape index (κ2) is 3.56. The molecule has 0 aliphatic heterocycles. The van der Waals surface area contributed by atoms with Crippen molar-refractivity contribution < 1.29 is 9.90 Å². The summed E-state index contributed by atoms with van der Waals surface area (Å²) in [6.45, 7) is 9.20. The quantitative estimate of drug-likeness (QED) is 0.708. The van der Waals surface area contributed by atoms with Gasteiger partial charge in [-0.2, -0.15) is 0 Å². The van der Waals surface area contributed by atoms with Crippen LogP contribution >= 0.6 is 0 Å². The minimum absolute atomic E-state index is 0.0556. The van der Waals surface area contributed by atoms with Gasteiger partial charge >= 0.3 is 0 Å². The third-order valence-electron chi connectivity index (χ3n) is 2.27. The van der Waals surface area contributed by atoms with E-state index in [2.05, 4.69) is 0 Å². The lowest BCUT2D eigenvalue weighted by molar-refractivity contribution is -0.146. The van der Waals surface area contributed by atoms with Crippen molar-refractivity contribution in [2.75, 3.05) is 0 Å². The monoisotopic (exact) mass is 172 g/mol. The van der Waals surface area contributed by atoms with Crippen LogP contribution < -0.4 is 0 Å². The molecule has 0 aliphatic carbocycles. The van der Waals surface area contributed by atoms with Crippen LogP contribution in [0.25, 0.3) is 0 Å². The number of rotatable bonds is 3. The summed E-state index contributed by atoms with van der Waals surface area (Å²) in [5.74, 6) is -0.0556. The third-order valence-corrected chi connectivity index (χ3v) is 2.27. The molecular formula is C10H20O2. The van der Waals surface area contributed by atoms with Crippen LogP contribution in [0, 0.1) is 5.41 Å². The Morgan fingerprint density at radius 1 is 1.17 bits per heavy atom. The van der Waals surface area contributed by atoms with E-state index in [-0.39, 0.29) is 5.78 Å². The van der Waals surface area contributed by atoms with E-state index in [9.17, 15) is 9.90 Å². The number of ketones is 1. The Morgan fingerprint density at radius 2 is 1.50 bits per heavy atom. The standard InChI is InChI=1S/C10H20O2/c1-6-10(12,7-2)8(11)9(3,4)5/h12H,6-7H2,1-5H3. The van der Waals surface area contributed by atoms with Gasteiger partial charge in [0.05, 0.1) is 0 Å². The predicted octanol–water partition coefficient (Wildman–Crippen LogP) is 2.15. The zero-order valence-electron chi connectivity index (χ0n) is 8.77. The van der Waals surface area contributed by atoms with Crippen LogP contribution in [0.2, 0.25) is 0 Å². The van der Waals surface area contributed by atoms with Crippen LogP contribution in [0.3, 0.4) is 0 Å². The number of carbonyl (C=O) groups is 1. The maximum Gasteiger partial charge on any atom is 0.169 e. The molecule has 0 unspecified atom stereocenters. The van der Waals surface area contributed by atoms with E-state index < -0.39 is 11.0 Å². The van der Waals surface area contributed by atoms with Gasteiger partial charge in [-0.1, -0.05) is 34.6 Å². The van der Waals surface area contributed by atoms with E-state index in [4.69, 9.17) is 0 Å². The van der Waals surface area contributed by atoms with Crippen molar-refractivity contribution in [2.45, 2.75) is 53.1 Å². The van der Waals surface area contributed by atoms with Gasteiger partial charge < -0.3 is 5.11 Å². The molecule has 0 bridgehead atoms. The van der Waals surface area contributed by atoms with E-state index in [0.717, 1.165) is 0 Å². The molecule has 1 N–H and O–H groups in total. The summed E-state index contributed by atoms with van der Waals surface area (Å²) in [5.41, 5.74) is -1.56. The molecule has 0 atom stereocenters. The highest BCUT2D eigenvalue weighted by Crippen LogP contribution is 2.27. The normalized spacial score (nSPS) is 13.2. The molecule has 0 aromatic heterocycles. The molecule has 0 heterocycles. The maximum absolute atomic E-state index is 11.7. The van der Waals surface area contributed by atoms with Crippen LogP contribution in [0.4, 0.5) is 0 Å². The lowest BCUT2D eigenvalue weighted by Crippen LogP contribution is -2.44.